The molecule has 1 aliphatic carbocycles. The first-order valence-corrected chi connectivity index (χ1v) is 7.20. The van der Waals surface area contributed by atoms with Crippen LogP contribution in [0.2, 0.25) is 0 Å². The lowest BCUT2D eigenvalue weighted by molar-refractivity contribution is 0.613. The Morgan fingerprint density at radius 3 is 2.86 bits per heavy atom. The van der Waals surface area contributed by atoms with E-state index in [1.165, 1.54) is 23.0 Å². The van der Waals surface area contributed by atoms with Gasteiger partial charge in [0.1, 0.15) is 6.54 Å². The van der Waals surface area contributed by atoms with Gasteiger partial charge in [0.15, 0.2) is 5.82 Å². The summed E-state index contributed by atoms with van der Waals surface area (Å²) in [5, 5.41) is 21.6. The first-order valence-electron chi connectivity index (χ1n) is 7.20. The Morgan fingerprint density at radius 2 is 2.10 bits per heavy atom. The van der Waals surface area contributed by atoms with Gasteiger partial charge in [0.2, 0.25) is 0 Å². The van der Waals surface area contributed by atoms with Crippen molar-refractivity contribution in [3.63, 3.8) is 0 Å². The molecule has 2 aromatic heterocycles. The molecule has 0 aliphatic heterocycles. The van der Waals surface area contributed by atoms with Gasteiger partial charge in [-0.15, -0.1) is 10.2 Å². The highest BCUT2D eigenvalue weighted by molar-refractivity contribution is 5.82. The molecular formula is C14H17N7. The van der Waals surface area contributed by atoms with Crippen LogP contribution in [0.3, 0.4) is 0 Å². The Bertz CT molecular complexity index is 769. The van der Waals surface area contributed by atoms with Crippen LogP contribution in [-0.2, 0) is 20.1 Å². The lowest BCUT2D eigenvalue weighted by Gasteiger charge is -1.99. The number of rotatable bonds is 5. The number of benzene rings is 1. The minimum Gasteiger partial charge on any atom is -0.308 e. The van der Waals surface area contributed by atoms with E-state index in [2.05, 4.69) is 38.9 Å². The van der Waals surface area contributed by atoms with Crippen molar-refractivity contribution in [3.8, 4) is 0 Å². The van der Waals surface area contributed by atoms with E-state index >= 15 is 0 Å². The fourth-order valence-corrected chi connectivity index (χ4v) is 2.50. The molecule has 7 nitrogen and oxygen atoms in total. The van der Waals surface area contributed by atoms with Gasteiger partial charge in [-0.2, -0.15) is 9.90 Å². The van der Waals surface area contributed by atoms with Crippen LogP contribution in [0.4, 0.5) is 0 Å². The van der Waals surface area contributed by atoms with Crippen molar-refractivity contribution in [2.45, 2.75) is 32.0 Å². The van der Waals surface area contributed by atoms with Crippen LogP contribution in [0.1, 0.15) is 24.4 Å². The third-order valence-electron chi connectivity index (χ3n) is 3.71. The van der Waals surface area contributed by atoms with E-state index in [-0.39, 0.29) is 0 Å². The molecule has 4 rings (SSSR count). The molecule has 2 heterocycles. The van der Waals surface area contributed by atoms with Gasteiger partial charge in [0, 0.05) is 18.0 Å². The average Bonchev–Trinajstić information content (AvgIpc) is 3.15. The van der Waals surface area contributed by atoms with Gasteiger partial charge in [0.25, 0.3) is 0 Å². The highest BCUT2D eigenvalue weighted by atomic mass is 15.6. The molecule has 1 aliphatic rings. The molecule has 0 saturated heterocycles. The molecule has 0 spiro atoms. The van der Waals surface area contributed by atoms with Crippen LogP contribution in [0.5, 0.6) is 0 Å². The summed E-state index contributed by atoms with van der Waals surface area (Å²) in [5.41, 5.74) is 2.19. The summed E-state index contributed by atoms with van der Waals surface area (Å²) in [6.45, 7) is 1.35. The minimum atomic E-state index is 0.539. The molecule has 1 aromatic carbocycles. The lowest BCUT2D eigenvalue weighted by atomic mass is 10.2. The van der Waals surface area contributed by atoms with Gasteiger partial charge >= 0.3 is 0 Å². The predicted molar refractivity (Wildman–Crippen MR) is 77.5 cm³/mol. The Hall–Kier alpha value is -2.28. The zero-order valence-corrected chi connectivity index (χ0v) is 11.9. The number of nitrogens with zero attached hydrogens (tertiary/aromatic N) is 6. The SMILES string of the molecule is Cn1nnc(Cn2nc(CNC3CC3)c3ccccc32)n1. The molecule has 1 fully saturated rings. The van der Waals surface area contributed by atoms with Gasteiger partial charge in [-0.05, 0) is 24.1 Å². The third kappa shape index (κ3) is 2.52. The Labute approximate surface area is 121 Å². The Balaban J connectivity index is 1.66. The lowest BCUT2D eigenvalue weighted by Crippen LogP contribution is -2.16. The predicted octanol–water partition coefficient (Wildman–Crippen LogP) is 0.860. The zero-order valence-electron chi connectivity index (χ0n) is 11.9. The van der Waals surface area contributed by atoms with Crippen LogP contribution in [0, 0.1) is 0 Å². The van der Waals surface area contributed by atoms with Crippen LogP contribution < -0.4 is 5.32 Å². The first kappa shape index (κ1) is 12.5. The van der Waals surface area contributed by atoms with Gasteiger partial charge in [0.05, 0.1) is 18.3 Å². The average molecular weight is 283 g/mol. The van der Waals surface area contributed by atoms with E-state index in [0.29, 0.717) is 18.4 Å². The number of nitrogens with one attached hydrogen (secondary N) is 1. The first-order chi connectivity index (χ1) is 10.3. The van der Waals surface area contributed by atoms with Gasteiger partial charge in [-0.1, -0.05) is 18.2 Å². The van der Waals surface area contributed by atoms with Crippen molar-refractivity contribution < 1.29 is 0 Å². The van der Waals surface area contributed by atoms with Crippen LogP contribution in [-0.4, -0.2) is 36.0 Å². The second-order valence-electron chi connectivity index (χ2n) is 5.47. The summed E-state index contributed by atoms with van der Waals surface area (Å²) < 4.78 is 1.95. The molecule has 0 bridgehead atoms. The Morgan fingerprint density at radius 1 is 1.24 bits per heavy atom. The van der Waals surface area contributed by atoms with E-state index in [4.69, 9.17) is 5.10 Å². The maximum absolute atomic E-state index is 4.73. The molecule has 0 atom stereocenters. The summed E-state index contributed by atoms with van der Waals surface area (Å²) >= 11 is 0. The molecule has 21 heavy (non-hydrogen) atoms. The molecular weight excluding hydrogens is 266 g/mol. The number of fused-ring (bicyclic) bond motifs is 1. The summed E-state index contributed by atoms with van der Waals surface area (Å²) in [7, 11) is 1.77. The number of aromatic nitrogens is 6. The summed E-state index contributed by atoms with van der Waals surface area (Å²) in [6, 6.07) is 8.96. The molecule has 0 amide bonds. The number of tetrazole rings is 1. The van der Waals surface area contributed by atoms with Crippen molar-refractivity contribution in [2.75, 3.05) is 0 Å². The highest BCUT2D eigenvalue weighted by Crippen LogP contribution is 2.22. The summed E-state index contributed by atoms with van der Waals surface area (Å²) in [6.07, 6.45) is 2.56. The zero-order chi connectivity index (χ0) is 14.2. The monoisotopic (exact) mass is 283 g/mol. The third-order valence-corrected chi connectivity index (χ3v) is 3.71. The van der Waals surface area contributed by atoms with Crippen molar-refractivity contribution in [1.82, 2.24) is 35.3 Å². The molecule has 108 valence electrons. The fourth-order valence-electron chi connectivity index (χ4n) is 2.50. The Kier molecular flexibility index (Phi) is 2.92. The van der Waals surface area contributed by atoms with E-state index in [1.807, 2.05) is 10.7 Å². The number of para-hydroxylation sites is 1. The van der Waals surface area contributed by atoms with E-state index in [9.17, 15) is 0 Å². The van der Waals surface area contributed by atoms with Crippen LogP contribution >= 0.6 is 0 Å². The topological polar surface area (TPSA) is 73.5 Å². The molecule has 3 aromatic rings. The molecule has 0 radical (unpaired) electrons. The molecule has 0 unspecified atom stereocenters. The normalized spacial score (nSPS) is 14.9. The summed E-state index contributed by atoms with van der Waals surface area (Å²) in [4.78, 5) is 1.47. The van der Waals surface area contributed by atoms with Crippen LogP contribution in [0.25, 0.3) is 10.9 Å². The van der Waals surface area contributed by atoms with Crippen molar-refractivity contribution >= 4 is 10.9 Å². The number of hydrogen-bond acceptors (Lipinski definition) is 5. The fraction of sp³-hybridized carbons (Fsp3) is 0.429. The van der Waals surface area contributed by atoms with Crippen molar-refractivity contribution in [3.05, 3.63) is 35.8 Å². The molecule has 1 saturated carbocycles. The standard InChI is InChI=1S/C14H17N7/c1-20-18-14(16-19-20)9-21-13-5-3-2-4-11(13)12(17-21)8-15-10-6-7-10/h2-5,10,15H,6-9H2,1H3. The van der Waals surface area contributed by atoms with Gasteiger partial charge in [-0.3, -0.25) is 4.68 Å². The van der Waals surface area contributed by atoms with E-state index in [0.717, 1.165) is 17.8 Å². The summed E-state index contributed by atoms with van der Waals surface area (Å²) in [5.74, 6) is 0.674. The maximum Gasteiger partial charge on any atom is 0.196 e. The smallest absolute Gasteiger partial charge is 0.196 e. The van der Waals surface area contributed by atoms with E-state index in [1.54, 1.807) is 7.05 Å². The van der Waals surface area contributed by atoms with E-state index < -0.39 is 0 Å². The largest absolute Gasteiger partial charge is 0.308 e. The molecule has 1 N–H and O–H groups in total. The number of aryl methyl sites for hydroxylation is 1. The maximum atomic E-state index is 4.73. The second kappa shape index (κ2) is 4.92. The minimum absolute atomic E-state index is 0.539. The highest BCUT2D eigenvalue weighted by Gasteiger charge is 2.21. The quantitative estimate of drug-likeness (QED) is 0.752. The van der Waals surface area contributed by atoms with Gasteiger partial charge in [-0.25, -0.2) is 0 Å². The number of hydrogen-bond donors (Lipinski definition) is 1. The van der Waals surface area contributed by atoms with Crippen molar-refractivity contribution in [1.29, 1.82) is 0 Å². The van der Waals surface area contributed by atoms with Crippen molar-refractivity contribution in [2.24, 2.45) is 7.05 Å². The van der Waals surface area contributed by atoms with Gasteiger partial charge < -0.3 is 5.32 Å². The molecule has 7 heteroatoms. The van der Waals surface area contributed by atoms with Crippen LogP contribution in [0.15, 0.2) is 24.3 Å². The second-order valence-corrected chi connectivity index (χ2v) is 5.47.